The van der Waals surface area contributed by atoms with E-state index in [4.69, 9.17) is 23.6 Å². The minimum atomic E-state index is -4.52. The average molecular weight is 903 g/mol. The normalized spacial score (nSPS) is 13.8. The molecule has 0 aliphatic rings. The lowest BCUT2D eigenvalue weighted by atomic mass is 10.0. The molecule has 0 rings (SSSR count). The van der Waals surface area contributed by atoms with E-state index in [1.807, 2.05) is 0 Å². The third kappa shape index (κ3) is 48.7. The van der Waals surface area contributed by atoms with Crippen molar-refractivity contribution in [3.8, 4) is 0 Å². The second kappa shape index (κ2) is 49.6. The van der Waals surface area contributed by atoms with E-state index in [0.29, 0.717) is 6.61 Å². The zero-order chi connectivity index (χ0) is 45.3. The second-order valence-electron chi connectivity index (χ2n) is 18.3. The number of aliphatic hydroxyl groups excluding tert-OH is 2. The first-order chi connectivity index (χ1) is 30.3. The van der Waals surface area contributed by atoms with Gasteiger partial charge in [-0.15, -0.1) is 0 Å². The molecule has 0 heterocycles. The molecule has 0 amide bonds. The van der Waals surface area contributed by atoms with Gasteiger partial charge in [0.1, 0.15) is 12.2 Å². The average Bonchev–Trinajstić information content (AvgIpc) is 3.26. The molecule has 62 heavy (non-hydrogen) atoms. The van der Waals surface area contributed by atoms with E-state index in [0.717, 1.165) is 32.1 Å². The Bertz CT molecular complexity index is 980. The quantitative estimate of drug-likeness (QED) is 0.0236. The van der Waals surface area contributed by atoms with E-state index >= 15 is 0 Å². The Morgan fingerprint density at radius 1 is 0.484 bits per heavy atom. The molecule has 0 spiro atoms. The first-order valence-electron chi connectivity index (χ1n) is 26.7. The molecule has 0 aliphatic carbocycles. The number of esters is 1. The second-order valence-corrected chi connectivity index (χ2v) is 19.7. The first kappa shape index (κ1) is 61.2. The summed E-state index contributed by atoms with van der Waals surface area (Å²) in [5.41, 5.74) is 0. The summed E-state index contributed by atoms with van der Waals surface area (Å²) >= 11 is 0. The van der Waals surface area contributed by atoms with Crippen LogP contribution in [0.1, 0.15) is 271 Å². The highest BCUT2D eigenvalue weighted by Crippen LogP contribution is 2.43. The molecule has 3 unspecified atom stereocenters. The smallest absolute Gasteiger partial charge is 0.457 e. The number of unbranched alkanes of at least 4 members (excludes halogenated alkanes) is 36. The van der Waals surface area contributed by atoms with Crippen molar-refractivity contribution in [3.05, 3.63) is 12.2 Å². The van der Waals surface area contributed by atoms with Gasteiger partial charge in [-0.3, -0.25) is 13.8 Å². The number of carbonyl (C=O) groups excluding carboxylic acids is 1. The van der Waals surface area contributed by atoms with Crippen molar-refractivity contribution < 1.29 is 43.0 Å². The van der Waals surface area contributed by atoms with Gasteiger partial charge in [-0.25, -0.2) is 4.57 Å². The van der Waals surface area contributed by atoms with Crippen LogP contribution in [0.25, 0.3) is 0 Å². The Morgan fingerprint density at radius 2 is 0.823 bits per heavy atom. The van der Waals surface area contributed by atoms with Crippen LogP contribution in [0.3, 0.4) is 0 Å². The van der Waals surface area contributed by atoms with Gasteiger partial charge in [-0.2, -0.15) is 0 Å². The highest BCUT2D eigenvalue weighted by Gasteiger charge is 2.26. The lowest BCUT2D eigenvalue weighted by Gasteiger charge is -2.20. The molecule has 0 aromatic heterocycles. The predicted octanol–water partition coefficient (Wildman–Crippen LogP) is 15.6. The third-order valence-corrected chi connectivity index (χ3v) is 12.9. The Morgan fingerprint density at radius 3 is 1.21 bits per heavy atom. The van der Waals surface area contributed by atoms with Gasteiger partial charge in [0.15, 0.2) is 0 Å². The number of allylic oxidation sites excluding steroid dienone is 2. The number of rotatable bonds is 52. The molecule has 0 aromatic carbocycles. The largest absolute Gasteiger partial charge is 0.472 e. The number of hydrogen-bond donors (Lipinski definition) is 3. The molecular formula is C52H103O9P. The van der Waals surface area contributed by atoms with Crippen molar-refractivity contribution in [1.29, 1.82) is 0 Å². The maximum absolute atomic E-state index is 12.7. The Balaban J connectivity index is 4.01. The molecule has 0 aromatic rings. The van der Waals surface area contributed by atoms with Crippen LogP contribution in [0, 0.1) is 0 Å². The summed E-state index contributed by atoms with van der Waals surface area (Å²) in [6, 6.07) is 0. The molecule has 3 atom stereocenters. The minimum Gasteiger partial charge on any atom is -0.457 e. The van der Waals surface area contributed by atoms with E-state index in [-0.39, 0.29) is 25.6 Å². The van der Waals surface area contributed by atoms with Crippen LogP contribution in [0.4, 0.5) is 0 Å². The number of phosphoric acid groups is 1. The van der Waals surface area contributed by atoms with E-state index < -0.39 is 33.2 Å². The zero-order valence-electron chi connectivity index (χ0n) is 40.9. The van der Waals surface area contributed by atoms with Crippen molar-refractivity contribution in [3.63, 3.8) is 0 Å². The van der Waals surface area contributed by atoms with Crippen LogP contribution in [-0.4, -0.2) is 66.3 Å². The summed E-state index contributed by atoms with van der Waals surface area (Å²) in [6.45, 7) is 3.59. The van der Waals surface area contributed by atoms with Gasteiger partial charge in [0.05, 0.1) is 26.4 Å². The van der Waals surface area contributed by atoms with Gasteiger partial charge in [-0.1, -0.05) is 238 Å². The number of hydrogen-bond acceptors (Lipinski definition) is 8. The summed E-state index contributed by atoms with van der Waals surface area (Å²) in [5.74, 6) is -0.375. The monoisotopic (exact) mass is 903 g/mol. The summed E-state index contributed by atoms with van der Waals surface area (Å²) < 4.78 is 33.6. The molecule has 0 radical (unpaired) electrons. The van der Waals surface area contributed by atoms with Crippen LogP contribution in [0.15, 0.2) is 12.2 Å². The Hall–Kier alpha value is -0.800. The molecule has 0 bridgehead atoms. The van der Waals surface area contributed by atoms with E-state index in [9.17, 15) is 19.4 Å². The molecule has 10 heteroatoms. The molecule has 0 fully saturated rings. The fraction of sp³-hybridized carbons (Fsp3) is 0.942. The van der Waals surface area contributed by atoms with E-state index in [1.54, 1.807) is 0 Å². The number of ether oxygens (including phenoxy) is 2. The minimum absolute atomic E-state index is 0.0548. The summed E-state index contributed by atoms with van der Waals surface area (Å²) in [4.78, 5) is 22.7. The molecular weight excluding hydrogens is 800 g/mol. The van der Waals surface area contributed by atoms with Crippen LogP contribution in [0.2, 0.25) is 0 Å². The molecule has 0 aliphatic heterocycles. The maximum atomic E-state index is 12.7. The molecule has 0 saturated heterocycles. The summed E-state index contributed by atoms with van der Waals surface area (Å²) in [6.07, 6.45) is 53.2. The Labute approximate surface area is 383 Å². The first-order valence-corrected chi connectivity index (χ1v) is 28.2. The maximum Gasteiger partial charge on any atom is 0.472 e. The van der Waals surface area contributed by atoms with Crippen LogP contribution < -0.4 is 0 Å². The lowest BCUT2D eigenvalue weighted by Crippen LogP contribution is -2.29. The van der Waals surface area contributed by atoms with Crippen molar-refractivity contribution >= 4 is 13.8 Å². The van der Waals surface area contributed by atoms with Crippen molar-refractivity contribution in [2.24, 2.45) is 0 Å². The van der Waals surface area contributed by atoms with E-state index in [1.165, 1.54) is 218 Å². The fourth-order valence-electron chi connectivity index (χ4n) is 7.88. The Kier molecular flexibility index (Phi) is 49.0. The molecule has 3 N–H and O–H groups in total. The molecule has 0 saturated carbocycles. The standard InChI is InChI=1S/C52H103O9P/c1-3-5-7-9-11-13-15-17-19-21-23-25-26-28-30-32-34-36-38-40-42-44-52(55)61-51(49-60-62(56,57)59-47-50(54)46-53)48-58-45-43-41-39-37-35-33-31-29-27-24-22-20-18-16-14-12-10-8-6-4-2/h18,20,50-51,53-54H,3-17,19,21-49H2,1-2H3,(H,56,57)/b20-18-. The van der Waals surface area contributed by atoms with Gasteiger partial charge >= 0.3 is 13.8 Å². The number of phosphoric ester groups is 1. The number of aliphatic hydroxyl groups is 2. The van der Waals surface area contributed by atoms with Crippen molar-refractivity contribution in [2.45, 2.75) is 283 Å². The summed E-state index contributed by atoms with van der Waals surface area (Å²) in [7, 11) is -4.52. The molecule has 9 nitrogen and oxygen atoms in total. The van der Waals surface area contributed by atoms with Gasteiger partial charge in [-0.05, 0) is 38.5 Å². The van der Waals surface area contributed by atoms with Crippen molar-refractivity contribution in [1.82, 2.24) is 0 Å². The van der Waals surface area contributed by atoms with Gasteiger partial charge in [0, 0.05) is 13.0 Å². The van der Waals surface area contributed by atoms with Crippen LogP contribution >= 0.6 is 7.82 Å². The van der Waals surface area contributed by atoms with Crippen LogP contribution in [-0.2, 0) is 27.9 Å². The lowest BCUT2D eigenvalue weighted by molar-refractivity contribution is -0.154. The van der Waals surface area contributed by atoms with Gasteiger partial charge in [0.25, 0.3) is 0 Å². The summed E-state index contributed by atoms with van der Waals surface area (Å²) in [5, 5.41) is 18.4. The predicted molar refractivity (Wildman–Crippen MR) is 261 cm³/mol. The molecule has 370 valence electrons. The highest BCUT2D eigenvalue weighted by atomic mass is 31.2. The highest BCUT2D eigenvalue weighted by molar-refractivity contribution is 7.47. The van der Waals surface area contributed by atoms with Gasteiger partial charge in [0.2, 0.25) is 0 Å². The topological polar surface area (TPSA) is 132 Å². The van der Waals surface area contributed by atoms with Gasteiger partial charge < -0.3 is 24.6 Å². The van der Waals surface area contributed by atoms with Crippen LogP contribution in [0.5, 0.6) is 0 Å². The third-order valence-electron chi connectivity index (χ3n) is 12.0. The van der Waals surface area contributed by atoms with E-state index in [2.05, 4.69) is 26.0 Å². The number of carbonyl (C=O) groups is 1. The van der Waals surface area contributed by atoms with Crippen molar-refractivity contribution in [2.75, 3.05) is 33.0 Å². The SMILES string of the molecule is CCCCCCCC/C=C\CCCCCCCCCCCCOCC(COP(=O)(O)OCC(O)CO)OC(=O)CCCCCCCCCCCCCCCCCCCCCCC. The zero-order valence-corrected chi connectivity index (χ0v) is 41.8. The fourth-order valence-corrected chi connectivity index (χ4v) is 8.67.